The van der Waals surface area contributed by atoms with Crippen LogP contribution in [0.25, 0.3) is 0 Å². The topological polar surface area (TPSA) is 71.3 Å². The molecule has 1 aliphatic heterocycles. The molecule has 2 aliphatic rings. The maximum Gasteiger partial charge on any atom is 0.322 e. The van der Waals surface area contributed by atoms with Gasteiger partial charge in [0.25, 0.3) is 0 Å². The SMILES string of the molecule is O=C(Nc1cc(F)c(Cl)cc1Cl)N1CCC[C@H]1c1nc(C2CC2)no1. The van der Waals surface area contributed by atoms with Crippen molar-refractivity contribution in [1.29, 1.82) is 0 Å². The lowest BCUT2D eigenvalue weighted by atomic mass is 10.2. The number of nitrogens with zero attached hydrogens (tertiary/aromatic N) is 3. The number of urea groups is 1. The van der Waals surface area contributed by atoms with Crippen molar-refractivity contribution in [3.63, 3.8) is 0 Å². The van der Waals surface area contributed by atoms with Crippen molar-refractivity contribution in [2.45, 2.75) is 37.6 Å². The molecule has 25 heavy (non-hydrogen) atoms. The molecule has 0 bridgehead atoms. The third-order valence-electron chi connectivity index (χ3n) is 4.45. The average Bonchev–Trinajstić information content (AvgIpc) is 3.11. The summed E-state index contributed by atoms with van der Waals surface area (Å²) in [6.07, 6.45) is 3.72. The fourth-order valence-corrected chi connectivity index (χ4v) is 3.39. The number of halogens is 3. The summed E-state index contributed by atoms with van der Waals surface area (Å²) in [5, 5.41) is 6.71. The number of likely N-dealkylation sites (tertiary alicyclic amines) is 1. The molecule has 2 aromatic rings. The molecule has 2 heterocycles. The Labute approximate surface area is 153 Å². The van der Waals surface area contributed by atoms with E-state index < -0.39 is 11.8 Å². The molecule has 0 spiro atoms. The largest absolute Gasteiger partial charge is 0.337 e. The zero-order valence-electron chi connectivity index (χ0n) is 13.1. The highest BCUT2D eigenvalue weighted by atomic mass is 35.5. The van der Waals surface area contributed by atoms with Gasteiger partial charge in [-0.25, -0.2) is 9.18 Å². The van der Waals surface area contributed by atoms with Crippen molar-refractivity contribution in [1.82, 2.24) is 15.0 Å². The van der Waals surface area contributed by atoms with Gasteiger partial charge in [-0.05, 0) is 31.7 Å². The smallest absolute Gasteiger partial charge is 0.322 e. The molecule has 2 fully saturated rings. The molecule has 1 aromatic heterocycles. The Balaban J connectivity index is 1.51. The van der Waals surface area contributed by atoms with Crippen molar-refractivity contribution in [3.05, 3.63) is 39.7 Å². The second-order valence-electron chi connectivity index (χ2n) is 6.29. The van der Waals surface area contributed by atoms with Gasteiger partial charge in [-0.2, -0.15) is 4.98 Å². The highest BCUT2D eigenvalue weighted by molar-refractivity contribution is 6.36. The van der Waals surface area contributed by atoms with Gasteiger partial charge in [0.2, 0.25) is 5.89 Å². The minimum atomic E-state index is -0.648. The Morgan fingerprint density at radius 3 is 2.84 bits per heavy atom. The number of amides is 2. The predicted molar refractivity (Wildman–Crippen MR) is 90.4 cm³/mol. The Kier molecular flexibility index (Phi) is 4.29. The molecule has 0 unspecified atom stereocenters. The van der Waals surface area contributed by atoms with Gasteiger partial charge in [0.1, 0.15) is 11.9 Å². The van der Waals surface area contributed by atoms with Gasteiger partial charge < -0.3 is 14.7 Å². The molecule has 0 radical (unpaired) electrons. The van der Waals surface area contributed by atoms with Gasteiger partial charge in [-0.1, -0.05) is 28.4 Å². The van der Waals surface area contributed by atoms with Crippen molar-refractivity contribution in [2.24, 2.45) is 0 Å². The zero-order valence-corrected chi connectivity index (χ0v) is 14.6. The van der Waals surface area contributed by atoms with Crippen LogP contribution in [0.5, 0.6) is 0 Å². The van der Waals surface area contributed by atoms with Gasteiger partial charge in [0.05, 0.1) is 15.7 Å². The van der Waals surface area contributed by atoms with Crippen molar-refractivity contribution < 1.29 is 13.7 Å². The van der Waals surface area contributed by atoms with Crippen LogP contribution in [0, 0.1) is 5.82 Å². The van der Waals surface area contributed by atoms with Crippen LogP contribution in [-0.2, 0) is 0 Å². The first-order valence-electron chi connectivity index (χ1n) is 8.08. The number of rotatable bonds is 3. The highest BCUT2D eigenvalue weighted by Crippen LogP contribution is 2.40. The van der Waals surface area contributed by atoms with E-state index in [9.17, 15) is 9.18 Å². The lowest BCUT2D eigenvalue weighted by molar-refractivity contribution is 0.193. The molecular formula is C16H15Cl2FN4O2. The summed E-state index contributed by atoms with van der Waals surface area (Å²) in [5.74, 6) is 0.898. The van der Waals surface area contributed by atoms with Crippen LogP contribution < -0.4 is 5.32 Å². The number of hydrogen-bond acceptors (Lipinski definition) is 4. The summed E-state index contributed by atoms with van der Waals surface area (Å²) in [6, 6.07) is 1.69. The van der Waals surface area contributed by atoms with Gasteiger partial charge in [-0.15, -0.1) is 0 Å². The van der Waals surface area contributed by atoms with Gasteiger partial charge in [0.15, 0.2) is 5.82 Å². The molecule has 1 aliphatic carbocycles. The highest BCUT2D eigenvalue weighted by Gasteiger charge is 2.36. The predicted octanol–water partition coefficient (Wildman–Crippen LogP) is 4.76. The molecule has 1 saturated carbocycles. The average molecular weight is 385 g/mol. The maximum atomic E-state index is 13.6. The van der Waals surface area contributed by atoms with E-state index in [-0.39, 0.29) is 21.8 Å². The standard InChI is InChI=1S/C16H15Cl2FN4O2/c17-9-6-10(18)12(7-11(9)19)20-16(24)23-5-1-2-13(23)15-21-14(22-25-15)8-3-4-8/h6-8,13H,1-5H2,(H,20,24)/t13-/m0/s1. The van der Waals surface area contributed by atoms with Crippen LogP contribution in [0.1, 0.15) is 49.4 Å². The van der Waals surface area contributed by atoms with Crippen LogP contribution in [0.2, 0.25) is 10.0 Å². The molecule has 1 aromatic carbocycles. The zero-order chi connectivity index (χ0) is 17.6. The van der Waals surface area contributed by atoms with Gasteiger partial charge >= 0.3 is 6.03 Å². The molecule has 132 valence electrons. The number of anilines is 1. The maximum absolute atomic E-state index is 13.6. The molecular weight excluding hydrogens is 370 g/mol. The van der Waals surface area contributed by atoms with E-state index >= 15 is 0 Å². The van der Waals surface area contributed by atoms with Crippen LogP contribution in [-0.4, -0.2) is 27.6 Å². The van der Waals surface area contributed by atoms with Crippen LogP contribution >= 0.6 is 23.2 Å². The Morgan fingerprint density at radius 2 is 2.08 bits per heavy atom. The fourth-order valence-electron chi connectivity index (χ4n) is 2.96. The van der Waals surface area contributed by atoms with Crippen LogP contribution in [0.4, 0.5) is 14.9 Å². The quantitative estimate of drug-likeness (QED) is 0.774. The Morgan fingerprint density at radius 1 is 1.28 bits per heavy atom. The molecule has 1 N–H and O–H groups in total. The van der Waals surface area contributed by atoms with Crippen molar-refractivity contribution in [3.8, 4) is 0 Å². The summed E-state index contributed by atoms with van der Waals surface area (Å²) >= 11 is 11.7. The fraction of sp³-hybridized carbons (Fsp3) is 0.438. The van der Waals surface area contributed by atoms with E-state index in [2.05, 4.69) is 15.5 Å². The van der Waals surface area contributed by atoms with E-state index in [1.807, 2.05) is 0 Å². The third kappa shape index (κ3) is 3.30. The number of hydrogen-bond donors (Lipinski definition) is 1. The van der Waals surface area contributed by atoms with Crippen molar-refractivity contribution >= 4 is 34.9 Å². The number of aromatic nitrogens is 2. The number of nitrogens with one attached hydrogen (secondary N) is 1. The Bertz CT molecular complexity index is 824. The van der Waals surface area contributed by atoms with Gasteiger partial charge in [-0.3, -0.25) is 0 Å². The number of benzene rings is 1. The summed E-state index contributed by atoms with van der Waals surface area (Å²) < 4.78 is 19.0. The summed E-state index contributed by atoms with van der Waals surface area (Å²) in [7, 11) is 0. The number of carbonyl (C=O) groups is 1. The normalized spacial score (nSPS) is 20.1. The molecule has 4 rings (SSSR count). The first-order chi connectivity index (χ1) is 12.0. The monoisotopic (exact) mass is 384 g/mol. The summed E-state index contributed by atoms with van der Waals surface area (Å²) in [6.45, 7) is 0.547. The minimum Gasteiger partial charge on any atom is -0.337 e. The van der Waals surface area contributed by atoms with E-state index in [0.29, 0.717) is 24.2 Å². The number of carbonyl (C=O) groups excluding carboxylic acids is 1. The first kappa shape index (κ1) is 16.6. The van der Waals surface area contributed by atoms with Crippen molar-refractivity contribution in [2.75, 3.05) is 11.9 Å². The lowest BCUT2D eigenvalue weighted by Gasteiger charge is -2.22. The molecule has 1 saturated heterocycles. The van der Waals surface area contributed by atoms with E-state index in [1.54, 1.807) is 4.90 Å². The second kappa shape index (κ2) is 6.46. The van der Waals surface area contributed by atoms with Crippen LogP contribution in [0.3, 0.4) is 0 Å². The lowest BCUT2D eigenvalue weighted by Crippen LogP contribution is -2.34. The van der Waals surface area contributed by atoms with E-state index in [4.69, 9.17) is 27.7 Å². The summed E-state index contributed by atoms with van der Waals surface area (Å²) in [5.41, 5.74) is 0.170. The molecule has 9 heteroatoms. The molecule has 2 amide bonds. The van der Waals surface area contributed by atoms with Gasteiger partial charge in [0, 0.05) is 18.5 Å². The molecule has 6 nitrogen and oxygen atoms in total. The van der Waals surface area contributed by atoms with E-state index in [1.165, 1.54) is 6.07 Å². The third-order valence-corrected chi connectivity index (χ3v) is 5.05. The minimum absolute atomic E-state index is 0.0967. The first-order valence-corrected chi connectivity index (χ1v) is 8.84. The van der Waals surface area contributed by atoms with E-state index in [0.717, 1.165) is 31.7 Å². The second-order valence-corrected chi connectivity index (χ2v) is 7.11. The Hall–Kier alpha value is -1.86. The molecule has 1 atom stereocenters. The summed E-state index contributed by atoms with van der Waals surface area (Å²) in [4.78, 5) is 18.6. The van der Waals surface area contributed by atoms with Crippen LogP contribution in [0.15, 0.2) is 16.7 Å².